The van der Waals surface area contributed by atoms with E-state index in [4.69, 9.17) is 14.2 Å². The molecule has 0 fully saturated rings. The number of carbonyl (C=O) groups excluding carboxylic acids is 1. The maximum Gasteiger partial charge on any atom is 0.277 e. The molecule has 0 aromatic heterocycles. The molecule has 1 N–H and O–H groups in total. The molecule has 124 valence electrons. The van der Waals surface area contributed by atoms with Gasteiger partial charge in [0.05, 0.1) is 6.21 Å². The molecule has 0 aliphatic carbocycles. The second-order valence-corrected chi connectivity index (χ2v) is 5.19. The lowest BCUT2D eigenvalue weighted by molar-refractivity contribution is -0.123. The van der Waals surface area contributed by atoms with Crippen LogP contribution in [0.15, 0.2) is 47.6 Å². The fourth-order valence-electron chi connectivity index (χ4n) is 2.17. The first-order valence-corrected chi connectivity index (χ1v) is 7.68. The Bertz CT molecular complexity index is 741. The van der Waals surface area contributed by atoms with Gasteiger partial charge in [0.15, 0.2) is 18.1 Å². The minimum atomic E-state index is -0.327. The molecular weight excluding hydrogens is 308 g/mol. The summed E-state index contributed by atoms with van der Waals surface area (Å²) in [5, 5.41) is 3.91. The summed E-state index contributed by atoms with van der Waals surface area (Å²) in [7, 11) is 0. The standard InChI is InChI=1S/C18H18N2O4/c1-2-13-3-6-15(7-4-13)22-11-18(21)20-19-10-14-5-8-16-17(9-14)24-12-23-16/h3-10H,2,11-12H2,1H3,(H,20,21). The van der Waals surface area contributed by atoms with Crippen molar-refractivity contribution >= 4 is 12.1 Å². The maximum atomic E-state index is 11.7. The van der Waals surface area contributed by atoms with Crippen molar-refractivity contribution in [2.45, 2.75) is 13.3 Å². The molecule has 2 aromatic rings. The lowest BCUT2D eigenvalue weighted by atomic mass is 10.2. The first kappa shape index (κ1) is 15.9. The quantitative estimate of drug-likeness (QED) is 0.654. The smallest absolute Gasteiger partial charge is 0.277 e. The molecule has 2 aromatic carbocycles. The number of hydrogen-bond acceptors (Lipinski definition) is 5. The lowest BCUT2D eigenvalue weighted by Crippen LogP contribution is -2.24. The Morgan fingerprint density at radius 3 is 2.79 bits per heavy atom. The van der Waals surface area contributed by atoms with Gasteiger partial charge >= 0.3 is 0 Å². The van der Waals surface area contributed by atoms with Gasteiger partial charge in [0.25, 0.3) is 5.91 Å². The Morgan fingerprint density at radius 2 is 2.00 bits per heavy atom. The number of ether oxygens (including phenoxy) is 3. The van der Waals surface area contributed by atoms with Gasteiger partial charge in [0.2, 0.25) is 6.79 Å². The molecule has 1 aliphatic rings. The average molecular weight is 326 g/mol. The highest BCUT2D eigenvalue weighted by molar-refractivity contribution is 5.83. The topological polar surface area (TPSA) is 69.2 Å². The van der Waals surface area contributed by atoms with Crippen molar-refractivity contribution in [1.29, 1.82) is 0 Å². The van der Waals surface area contributed by atoms with Crippen LogP contribution in [0.5, 0.6) is 17.2 Å². The summed E-state index contributed by atoms with van der Waals surface area (Å²) in [5.74, 6) is 1.71. The Morgan fingerprint density at radius 1 is 1.21 bits per heavy atom. The molecule has 0 saturated carbocycles. The number of nitrogens with one attached hydrogen (secondary N) is 1. The van der Waals surface area contributed by atoms with E-state index in [9.17, 15) is 4.79 Å². The predicted octanol–water partition coefficient (Wildman–Crippen LogP) is 2.51. The van der Waals surface area contributed by atoms with E-state index in [2.05, 4.69) is 17.5 Å². The van der Waals surface area contributed by atoms with Gasteiger partial charge in [0, 0.05) is 0 Å². The molecule has 6 heteroatoms. The Labute approximate surface area is 140 Å². The molecular formula is C18H18N2O4. The summed E-state index contributed by atoms with van der Waals surface area (Å²) in [4.78, 5) is 11.7. The monoisotopic (exact) mass is 326 g/mol. The van der Waals surface area contributed by atoms with E-state index in [1.165, 1.54) is 11.8 Å². The van der Waals surface area contributed by atoms with Crippen LogP contribution in [0.3, 0.4) is 0 Å². The zero-order chi connectivity index (χ0) is 16.8. The minimum Gasteiger partial charge on any atom is -0.484 e. The van der Waals surface area contributed by atoms with Gasteiger partial charge < -0.3 is 14.2 Å². The van der Waals surface area contributed by atoms with Crippen molar-refractivity contribution < 1.29 is 19.0 Å². The van der Waals surface area contributed by atoms with Gasteiger partial charge in [-0.05, 0) is 47.9 Å². The Hall–Kier alpha value is -3.02. The molecule has 0 atom stereocenters. The van der Waals surface area contributed by atoms with Crippen LogP contribution < -0.4 is 19.6 Å². The third kappa shape index (κ3) is 4.04. The number of hydrogen-bond donors (Lipinski definition) is 1. The van der Waals surface area contributed by atoms with E-state index in [0.29, 0.717) is 17.2 Å². The molecule has 1 heterocycles. The zero-order valence-electron chi connectivity index (χ0n) is 13.3. The van der Waals surface area contributed by atoms with Crippen LogP contribution in [0.4, 0.5) is 0 Å². The van der Waals surface area contributed by atoms with Crippen LogP contribution in [-0.2, 0) is 11.2 Å². The summed E-state index contributed by atoms with van der Waals surface area (Å²) >= 11 is 0. The number of carbonyl (C=O) groups is 1. The highest BCUT2D eigenvalue weighted by atomic mass is 16.7. The number of rotatable bonds is 6. The fourth-order valence-corrected chi connectivity index (χ4v) is 2.17. The fraction of sp³-hybridized carbons (Fsp3) is 0.222. The van der Waals surface area contributed by atoms with Crippen LogP contribution >= 0.6 is 0 Å². The molecule has 6 nitrogen and oxygen atoms in total. The molecule has 24 heavy (non-hydrogen) atoms. The summed E-state index contributed by atoms with van der Waals surface area (Å²) in [6.45, 7) is 2.22. The van der Waals surface area contributed by atoms with Crippen LogP contribution in [0.2, 0.25) is 0 Å². The van der Waals surface area contributed by atoms with Crippen LogP contribution in [0.1, 0.15) is 18.1 Å². The van der Waals surface area contributed by atoms with Gasteiger partial charge in [-0.1, -0.05) is 19.1 Å². The zero-order valence-corrected chi connectivity index (χ0v) is 13.3. The van der Waals surface area contributed by atoms with E-state index in [-0.39, 0.29) is 19.3 Å². The van der Waals surface area contributed by atoms with Gasteiger partial charge in [-0.25, -0.2) is 5.43 Å². The molecule has 0 bridgehead atoms. The number of hydrazone groups is 1. The highest BCUT2D eigenvalue weighted by Gasteiger charge is 2.12. The van der Waals surface area contributed by atoms with E-state index < -0.39 is 0 Å². The Balaban J connectivity index is 1.46. The summed E-state index contributed by atoms with van der Waals surface area (Å²) in [5.41, 5.74) is 4.45. The minimum absolute atomic E-state index is 0.0933. The van der Waals surface area contributed by atoms with Crippen LogP contribution in [0, 0.1) is 0 Å². The molecule has 0 radical (unpaired) electrons. The van der Waals surface area contributed by atoms with E-state index >= 15 is 0 Å². The van der Waals surface area contributed by atoms with Gasteiger partial charge in [0.1, 0.15) is 5.75 Å². The first-order chi connectivity index (χ1) is 11.7. The highest BCUT2D eigenvalue weighted by Crippen LogP contribution is 2.31. The van der Waals surface area contributed by atoms with Crippen molar-refractivity contribution in [3.8, 4) is 17.2 Å². The van der Waals surface area contributed by atoms with E-state index in [1.54, 1.807) is 12.1 Å². The van der Waals surface area contributed by atoms with Crippen LogP contribution in [0.25, 0.3) is 0 Å². The number of fused-ring (bicyclic) bond motifs is 1. The summed E-state index contributed by atoms with van der Waals surface area (Å²) < 4.78 is 15.9. The van der Waals surface area contributed by atoms with Crippen molar-refractivity contribution in [2.24, 2.45) is 5.10 Å². The maximum absolute atomic E-state index is 11.7. The molecule has 1 aliphatic heterocycles. The van der Waals surface area contributed by atoms with Gasteiger partial charge in [-0.15, -0.1) is 0 Å². The van der Waals surface area contributed by atoms with E-state index in [1.807, 2.05) is 30.3 Å². The molecule has 1 amide bonds. The molecule has 0 saturated heterocycles. The number of nitrogens with zero attached hydrogens (tertiary/aromatic N) is 1. The molecule has 0 unspecified atom stereocenters. The average Bonchev–Trinajstić information content (AvgIpc) is 3.08. The predicted molar refractivity (Wildman–Crippen MR) is 89.6 cm³/mol. The lowest BCUT2D eigenvalue weighted by Gasteiger charge is -2.05. The van der Waals surface area contributed by atoms with Gasteiger partial charge in [-0.2, -0.15) is 5.10 Å². The number of amides is 1. The summed E-state index contributed by atoms with van der Waals surface area (Å²) in [6.07, 6.45) is 2.51. The van der Waals surface area contributed by atoms with Gasteiger partial charge in [-0.3, -0.25) is 4.79 Å². The third-order valence-electron chi connectivity index (χ3n) is 3.50. The second-order valence-electron chi connectivity index (χ2n) is 5.19. The van der Waals surface area contributed by atoms with Crippen molar-refractivity contribution in [1.82, 2.24) is 5.43 Å². The van der Waals surface area contributed by atoms with Crippen molar-refractivity contribution in [3.63, 3.8) is 0 Å². The van der Waals surface area contributed by atoms with Crippen molar-refractivity contribution in [3.05, 3.63) is 53.6 Å². The third-order valence-corrected chi connectivity index (χ3v) is 3.50. The Kier molecular flexibility index (Phi) is 4.96. The second kappa shape index (κ2) is 7.50. The van der Waals surface area contributed by atoms with Crippen molar-refractivity contribution in [2.75, 3.05) is 13.4 Å². The normalized spacial score (nSPS) is 12.4. The number of aryl methyl sites for hydroxylation is 1. The largest absolute Gasteiger partial charge is 0.484 e. The SMILES string of the molecule is CCc1ccc(OCC(=O)NN=Cc2ccc3c(c2)OCO3)cc1. The first-order valence-electron chi connectivity index (χ1n) is 7.68. The van der Waals surface area contributed by atoms with E-state index in [0.717, 1.165) is 12.0 Å². The molecule has 3 rings (SSSR count). The molecule has 0 spiro atoms. The number of benzene rings is 2. The van der Waals surface area contributed by atoms with Crippen LogP contribution in [-0.4, -0.2) is 25.5 Å². The summed E-state index contributed by atoms with van der Waals surface area (Å²) in [6, 6.07) is 13.1.